The summed E-state index contributed by atoms with van der Waals surface area (Å²) in [5.74, 6) is -0.721. The van der Waals surface area contributed by atoms with E-state index in [9.17, 15) is 19.0 Å². The normalized spacial score (nSPS) is 28.2. The molecule has 2 aromatic rings. The second-order valence-corrected chi connectivity index (χ2v) is 4.04. The molecule has 4 N–H and O–H groups in total. The van der Waals surface area contributed by atoms with Crippen LogP contribution in [0.3, 0.4) is 0 Å². The molecule has 9 nitrogen and oxygen atoms in total. The molecule has 1 aliphatic heterocycles. The quantitative estimate of drug-likeness (QED) is 0.569. The van der Waals surface area contributed by atoms with Crippen LogP contribution in [-0.4, -0.2) is 47.4 Å². The number of nitrogens with two attached hydrogens (primary N) is 1. The molecular formula is C9H8F2N6O3. The molecule has 1 saturated heterocycles. The summed E-state index contributed by atoms with van der Waals surface area (Å²) < 4.78 is 31.5. The molecule has 0 aliphatic carbocycles. The smallest absolute Gasteiger partial charge is 0.312 e. The highest BCUT2D eigenvalue weighted by Crippen LogP contribution is 2.33. The lowest BCUT2D eigenvalue weighted by Crippen LogP contribution is -2.28. The van der Waals surface area contributed by atoms with E-state index < -0.39 is 30.3 Å². The van der Waals surface area contributed by atoms with Crippen molar-refractivity contribution in [3.05, 3.63) is 18.2 Å². The fourth-order valence-corrected chi connectivity index (χ4v) is 1.88. The van der Waals surface area contributed by atoms with E-state index in [0.29, 0.717) is 0 Å². The molecule has 0 saturated carbocycles. The van der Waals surface area contributed by atoms with Crippen molar-refractivity contribution in [2.75, 3.05) is 5.73 Å². The Labute approximate surface area is 109 Å². The van der Waals surface area contributed by atoms with Crippen LogP contribution in [0.25, 0.3) is 11.2 Å². The van der Waals surface area contributed by atoms with Gasteiger partial charge >= 0.3 is 6.08 Å². The average molecular weight is 286 g/mol. The predicted octanol–water partition coefficient (Wildman–Crippen LogP) is -0.996. The number of aromatic nitrogens is 5. The molecule has 11 heteroatoms. The van der Waals surface area contributed by atoms with Gasteiger partial charge in [0, 0.05) is 0 Å². The topological polar surface area (TPSA) is 132 Å². The minimum Gasteiger partial charge on any atom is -0.465 e. The molecule has 106 valence electrons. The SMILES string of the molecule is Nc1nc(F)nc2c1nnn2[C@@H]1O/C(=C\F)[C@@H](O)[C@H]1O. The molecule has 3 rings (SSSR count). The number of nitrogen functional groups attached to an aromatic ring is 1. The zero-order valence-corrected chi connectivity index (χ0v) is 9.68. The first kappa shape index (κ1) is 12.6. The van der Waals surface area contributed by atoms with Gasteiger partial charge in [0.2, 0.25) is 6.23 Å². The summed E-state index contributed by atoms with van der Waals surface area (Å²) >= 11 is 0. The van der Waals surface area contributed by atoms with E-state index in [1.807, 2.05) is 0 Å². The van der Waals surface area contributed by atoms with E-state index in [0.717, 1.165) is 4.68 Å². The first-order valence-corrected chi connectivity index (χ1v) is 5.40. The summed E-state index contributed by atoms with van der Waals surface area (Å²) in [5.41, 5.74) is 5.30. The molecule has 0 bridgehead atoms. The van der Waals surface area contributed by atoms with Crippen molar-refractivity contribution in [2.24, 2.45) is 0 Å². The van der Waals surface area contributed by atoms with Crippen molar-refractivity contribution in [3.63, 3.8) is 0 Å². The Bertz CT molecular complexity index is 704. The van der Waals surface area contributed by atoms with Crippen LogP contribution in [0.1, 0.15) is 6.23 Å². The van der Waals surface area contributed by atoms with Crippen molar-refractivity contribution < 1.29 is 23.7 Å². The first-order chi connectivity index (χ1) is 9.52. The summed E-state index contributed by atoms with van der Waals surface area (Å²) in [5, 5.41) is 26.6. The van der Waals surface area contributed by atoms with Crippen LogP contribution >= 0.6 is 0 Å². The van der Waals surface area contributed by atoms with Crippen LogP contribution in [-0.2, 0) is 4.74 Å². The average Bonchev–Trinajstić information content (AvgIpc) is 2.93. The number of rotatable bonds is 1. The summed E-state index contributed by atoms with van der Waals surface area (Å²) in [7, 11) is 0. The Morgan fingerprint density at radius 2 is 2.10 bits per heavy atom. The zero-order chi connectivity index (χ0) is 14.4. The number of hydrogen-bond donors (Lipinski definition) is 3. The number of anilines is 1. The molecule has 1 aliphatic rings. The Kier molecular flexibility index (Phi) is 2.72. The molecule has 3 atom stereocenters. The van der Waals surface area contributed by atoms with Crippen LogP contribution in [0.4, 0.5) is 14.6 Å². The van der Waals surface area contributed by atoms with E-state index in [1.54, 1.807) is 0 Å². The van der Waals surface area contributed by atoms with Gasteiger partial charge in [0.15, 0.2) is 22.7 Å². The van der Waals surface area contributed by atoms with E-state index in [-0.39, 0.29) is 23.3 Å². The lowest BCUT2D eigenvalue weighted by molar-refractivity contribution is -0.0194. The molecule has 1 fully saturated rings. The molecule has 0 amide bonds. The standard InChI is InChI=1S/C9H8F2N6O3/c10-1-2-4(18)5(19)8(20-2)17-7-3(15-16-17)6(12)13-9(11)14-7/h1,4-5,8,18-19H,(H2,12,13,14)/b2-1-/t4-,5-,8-/m1/s1. The van der Waals surface area contributed by atoms with Gasteiger partial charge in [-0.15, -0.1) is 5.10 Å². The summed E-state index contributed by atoms with van der Waals surface area (Å²) in [6.07, 6.45) is -5.52. The minimum absolute atomic E-state index is 0.00521. The Morgan fingerprint density at radius 1 is 1.35 bits per heavy atom. The lowest BCUT2D eigenvalue weighted by Gasteiger charge is -2.13. The van der Waals surface area contributed by atoms with Crippen LogP contribution in [0.5, 0.6) is 0 Å². The second kappa shape index (κ2) is 4.31. The number of halogens is 2. The predicted molar refractivity (Wildman–Crippen MR) is 58.8 cm³/mol. The van der Waals surface area contributed by atoms with Crippen LogP contribution in [0.2, 0.25) is 0 Å². The van der Waals surface area contributed by atoms with Crippen LogP contribution < -0.4 is 5.73 Å². The van der Waals surface area contributed by atoms with Crippen molar-refractivity contribution in [2.45, 2.75) is 18.4 Å². The molecule has 3 heterocycles. The monoisotopic (exact) mass is 286 g/mol. The number of aliphatic hydroxyl groups excluding tert-OH is 2. The van der Waals surface area contributed by atoms with Gasteiger partial charge in [-0.2, -0.15) is 19.0 Å². The number of fused-ring (bicyclic) bond motifs is 1. The fraction of sp³-hybridized carbons (Fsp3) is 0.333. The number of ether oxygens (including phenoxy) is 1. The van der Waals surface area contributed by atoms with Crippen LogP contribution in [0, 0.1) is 6.08 Å². The molecular weight excluding hydrogens is 278 g/mol. The highest BCUT2D eigenvalue weighted by atomic mass is 19.1. The van der Waals surface area contributed by atoms with Crippen molar-refractivity contribution >= 4 is 17.0 Å². The number of aliphatic hydroxyl groups is 2. The second-order valence-electron chi connectivity index (χ2n) is 4.04. The van der Waals surface area contributed by atoms with Crippen molar-refractivity contribution in [1.29, 1.82) is 0 Å². The Hall–Kier alpha value is -2.40. The molecule has 0 aromatic carbocycles. The van der Waals surface area contributed by atoms with E-state index >= 15 is 0 Å². The van der Waals surface area contributed by atoms with Gasteiger partial charge in [-0.25, -0.2) is 4.39 Å². The molecule has 0 spiro atoms. The molecule has 20 heavy (non-hydrogen) atoms. The number of nitrogens with zero attached hydrogens (tertiary/aromatic N) is 5. The van der Waals surface area contributed by atoms with Gasteiger partial charge in [-0.3, -0.25) is 0 Å². The first-order valence-electron chi connectivity index (χ1n) is 5.40. The fourth-order valence-electron chi connectivity index (χ4n) is 1.88. The highest BCUT2D eigenvalue weighted by molar-refractivity contribution is 5.80. The van der Waals surface area contributed by atoms with Gasteiger partial charge in [-0.1, -0.05) is 5.21 Å². The summed E-state index contributed by atoms with van der Waals surface area (Å²) in [4.78, 5) is 6.71. The maximum Gasteiger partial charge on any atom is 0.312 e. The molecule has 0 unspecified atom stereocenters. The Balaban J connectivity index is 2.12. The summed E-state index contributed by atoms with van der Waals surface area (Å²) in [6, 6.07) is 0. The molecule has 0 radical (unpaired) electrons. The summed E-state index contributed by atoms with van der Waals surface area (Å²) in [6.45, 7) is 0. The maximum atomic E-state index is 13.2. The van der Waals surface area contributed by atoms with E-state index in [2.05, 4.69) is 20.3 Å². The van der Waals surface area contributed by atoms with Crippen molar-refractivity contribution in [3.8, 4) is 0 Å². The maximum absolute atomic E-state index is 13.2. The molecule has 2 aromatic heterocycles. The number of hydrogen-bond acceptors (Lipinski definition) is 8. The van der Waals surface area contributed by atoms with Gasteiger partial charge in [0.05, 0.1) is 0 Å². The third kappa shape index (κ3) is 1.67. The largest absolute Gasteiger partial charge is 0.465 e. The van der Waals surface area contributed by atoms with E-state index in [1.165, 1.54) is 0 Å². The lowest BCUT2D eigenvalue weighted by atomic mass is 10.2. The minimum atomic E-state index is -1.58. The van der Waals surface area contributed by atoms with Crippen molar-refractivity contribution in [1.82, 2.24) is 25.0 Å². The van der Waals surface area contributed by atoms with Gasteiger partial charge in [-0.05, 0) is 0 Å². The van der Waals surface area contributed by atoms with Gasteiger partial charge in [0.25, 0.3) is 0 Å². The van der Waals surface area contributed by atoms with Crippen LogP contribution in [0.15, 0.2) is 12.1 Å². The zero-order valence-electron chi connectivity index (χ0n) is 9.68. The highest BCUT2D eigenvalue weighted by Gasteiger charge is 2.42. The third-order valence-electron chi connectivity index (χ3n) is 2.84. The van der Waals surface area contributed by atoms with E-state index in [4.69, 9.17) is 10.5 Å². The van der Waals surface area contributed by atoms with Gasteiger partial charge < -0.3 is 20.7 Å². The van der Waals surface area contributed by atoms with Gasteiger partial charge in [0.1, 0.15) is 18.5 Å². The Morgan fingerprint density at radius 3 is 2.75 bits per heavy atom. The third-order valence-corrected chi connectivity index (χ3v) is 2.84.